The lowest BCUT2D eigenvalue weighted by atomic mass is 10.1. The van der Waals surface area contributed by atoms with Crippen LogP contribution in [0.2, 0.25) is 0 Å². The maximum atomic E-state index is 12.3. The average Bonchev–Trinajstić information content (AvgIpc) is 2.66. The molecule has 2 aromatic rings. The van der Waals surface area contributed by atoms with Crippen LogP contribution in [0.15, 0.2) is 54.6 Å². The Labute approximate surface area is 161 Å². The topological polar surface area (TPSA) is 43.4 Å². The van der Waals surface area contributed by atoms with Gasteiger partial charge in [-0.15, -0.1) is 0 Å². The minimum absolute atomic E-state index is 0.360. The third-order valence-electron chi connectivity index (χ3n) is 2.64. The summed E-state index contributed by atoms with van der Waals surface area (Å²) in [6.07, 6.45) is 0.462. The van der Waals surface area contributed by atoms with E-state index in [1.54, 1.807) is 6.07 Å². The molecule has 0 atom stereocenters. The first kappa shape index (κ1) is 27.2. The van der Waals surface area contributed by atoms with Crippen molar-refractivity contribution in [3.05, 3.63) is 65.7 Å². The summed E-state index contributed by atoms with van der Waals surface area (Å²) in [6, 6.07) is 14.8. The quantitative estimate of drug-likeness (QED) is 0.425. The fourth-order valence-corrected chi connectivity index (χ4v) is 2.16. The third-order valence-corrected chi connectivity index (χ3v) is 3.62. The molecule has 0 fully saturated rings. The molecule has 0 aliphatic rings. The first-order valence-corrected chi connectivity index (χ1v) is 10.3. The van der Waals surface area contributed by atoms with Crippen LogP contribution in [0.25, 0.3) is 0 Å². The zero-order chi connectivity index (χ0) is 21.5. The maximum Gasteiger partial charge on any atom is 0.534 e. The molecule has 0 saturated carbocycles. The van der Waals surface area contributed by atoms with Crippen LogP contribution in [0.4, 0.5) is 13.2 Å². The molecule has 0 spiro atoms. The van der Waals surface area contributed by atoms with Gasteiger partial charge < -0.3 is 4.18 Å². The highest BCUT2D eigenvalue weighted by Gasteiger charge is 2.48. The van der Waals surface area contributed by atoms with Gasteiger partial charge in [0, 0.05) is 0 Å². The van der Waals surface area contributed by atoms with Crippen molar-refractivity contribution in [3.63, 3.8) is 0 Å². The molecule has 0 radical (unpaired) electrons. The molecule has 0 N–H and O–H groups in total. The van der Waals surface area contributed by atoms with Gasteiger partial charge >= 0.3 is 15.6 Å². The van der Waals surface area contributed by atoms with Crippen molar-refractivity contribution in [1.82, 2.24) is 0 Å². The van der Waals surface area contributed by atoms with E-state index in [1.807, 2.05) is 71.9 Å². The third kappa shape index (κ3) is 10.0. The molecule has 0 bridgehead atoms. The second-order valence-corrected chi connectivity index (χ2v) is 5.83. The van der Waals surface area contributed by atoms with Gasteiger partial charge in [-0.05, 0) is 29.7 Å². The zero-order valence-electron chi connectivity index (χ0n) is 16.7. The van der Waals surface area contributed by atoms with E-state index >= 15 is 0 Å². The van der Waals surface area contributed by atoms with Crippen molar-refractivity contribution >= 4 is 10.1 Å². The smallest absolute Gasteiger partial charge is 0.376 e. The molecule has 0 saturated heterocycles. The Morgan fingerprint density at radius 3 is 1.74 bits per heavy atom. The summed E-state index contributed by atoms with van der Waals surface area (Å²) >= 11 is 0. The molecule has 0 unspecified atom stereocenters. The first-order valence-electron chi connectivity index (χ1n) is 8.91. The molecule has 2 rings (SSSR count). The number of hydrogen-bond acceptors (Lipinski definition) is 3. The highest BCUT2D eigenvalue weighted by Crippen LogP contribution is 2.27. The molecular formula is C20H29F3O3S. The van der Waals surface area contributed by atoms with Gasteiger partial charge in [0.15, 0.2) is 0 Å². The van der Waals surface area contributed by atoms with Gasteiger partial charge in [-0.3, -0.25) is 0 Å². The van der Waals surface area contributed by atoms with Crippen molar-refractivity contribution in [2.24, 2.45) is 0 Å². The number of hydrogen-bond donors (Lipinski definition) is 0. The largest absolute Gasteiger partial charge is 0.534 e. The summed E-state index contributed by atoms with van der Waals surface area (Å²) in [5, 5.41) is 0. The predicted molar refractivity (Wildman–Crippen MR) is 105 cm³/mol. The standard InChI is InChI=1S/C14H11F3O3S.3C2H6/c15-14(16,17)21(18,19)20-13-8-4-7-12(10-13)9-11-5-2-1-3-6-11;3*1-2/h1-8,10H,9H2;3*1-2H3. The first-order chi connectivity index (χ1) is 12.8. The number of halogens is 3. The van der Waals surface area contributed by atoms with Crippen LogP contribution >= 0.6 is 0 Å². The van der Waals surface area contributed by atoms with Gasteiger partial charge in [0.05, 0.1) is 0 Å². The normalized spacial score (nSPS) is 10.1. The van der Waals surface area contributed by atoms with E-state index in [0.717, 1.165) is 11.6 Å². The Morgan fingerprint density at radius 1 is 0.778 bits per heavy atom. The molecular weight excluding hydrogens is 377 g/mol. The Kier molecular flexibility index (Phi) is 14.2. The van der Waals surface area contributed by atoms with Crippen LogP contribution in [-0.4, -0.2) is 13.9 Å². The predicted octanol–water partition coefficient (Wildman–Crippen LogP) is 6.58. The summed E-state index contributed by atoms with van der Waals surface area (Å²) in [4.78, 5) is 0. The average molecular weight is 407 g/mol. The number of rotatable bonds is 4. The van der Waals surface area contributed by atoms with E-state index in [4.69, 9.17) is 0 Å². The van der Waals surface area contributed by atoms with E-state index in [9.17, 15) is 21.6 Å². The van der Waals surface area contributed by atoms with Crippen LogP contribution in [0.5, 0.6) is 5.75 Å². The summed E-state index contributed by atoms with van der Waals surface area (Å²) in [5.74, 6) is -0.360. The highest BCUT2D eigenvalue weighted by atomic mass is 32.2. The van der Waals surface area contributed by atoms with Crippen molar-refractivity contribution < 1.29 is 25.8 Å². The Bertz CT molecular complexity index is 713. The molecule has 0 aliphatic heterocycles. The lowest BCUT2D eigenvalue weighted by molar-refractivity contribution is -0.0500. The Hall–Kier alpha value is -2.02. The summed E-state index contributed by atoms with van der Waals surface area (Å²) < 4.78 is 62.7. The molecule has 0 aromatic heterocycles. The lowest BCUT2D eigenvalue weighted by Gasteiger charge is -2.10. The SMILES string of the molecule is CC.CC.CC.O=S(=O)(Oc1cccc(Cc2ccccc2)c1)C(F)(F)F. The van der Waals surface area contributed by atoms with Crippen molar-refractivity contribution in [2.45, 2.75) is 53.5 Å². The van der Waals surface area contributed by atoms with Gasteiger partial charge in [-0.2, -0.15) is 21.6 Å². The molecule has 2 aromatic carbocycles. The molecule has 0 heterocycles. The van der Waals surface area contributed by atoms with Crippen molar-refractivity contribution in [1.29, 1.82) is 0 Å². The minimum Gasteiger partial charge on any atom is -0.376 e. The van der Waals surface area contributed by atoms with Crippen LogP contribution in [0.3, 0.4) is 0 Å². The Balaban J connectivity index is 0. The minimum atomic E-state index is -5.64. The van der Waals surface area contributed by atoms with Crippen LogP contribution in [0, 0.1) is 0 Å². The van der Waals surface area contributed by atoms with Gasteiger partial charge in [-0.1, -0.05) is 84.0 Å². The van der Waals surface area contributed by atoms with Gasteiger partial charge in [0.1, 0.15) is 5.75 Å². The fourth-order valence-electron chi connectivity index (χ4n) is 1.71. The Morgan fingerprint density at radius 2 is 1.26 bits per heavy atom. The van der Waals surface area contributed by atoms with E-state index in [0.29, 0.717) is 12.0 Å². The second kappa shape index (κ2) is 14.1. The van der Waals surface area contributed by atoms with Crippen molar-refractivity contribution in [3.8, 4) is 5.75 Å². The van der Waals surface area contributed by atoms with Crippen LogP contribution in [0.1, 0.15) is 52.7 Å². The van der Waals surface area contributed by atoms with Crippen LogP contribution in [-0.2, 0) is 16.5 Å². The summed E-state index contributed by atoms with van der Waals surface area (Å²) in [6.45, 7) is 12.0. The maximum absolute atomic E-state index is 12.3. The molecule has 0 amide bonds. The fraction of sp³-hybridized carbons (Fsp3) is 0.400. The number of benzene rings is 2. The highest BCUT2D eigenvalue weighted by molar-refractivity contribution is 7.88. The summed E-state index contributed by atoms with van der Waals surface area (Å²) in [5.41, 5.74) is -3.84. The zero-order valence-corrected chi connectivity index (χ0v) is 17.5. The molecule has 0 aliphatic carbocycles. The lowest BCUT2D eigenvalue weighted by Crippen LogP contribution is -2.28. The van der Waals surface area contributed by atoms with Crippen molar-refractivity contribution in [2.75, 3.05) is 0 Å². The van der Waals surface area contributed by atoms with E-state index < -0.39 is 15.6 Å². The molecule has 154 valence electrons. The van der Waals surface area contributed by atoms with E-state index in [1.165, 1.54) is 12.1 Å². The summed E-state index contributed by atoms with van der Waals surface area (Å²) in [7, 11) is -5.64. The van der Waals surface area contributed by atoms with Gasteiger partial charge in [-0.25, -0.2) is 0 Å². The van der Waals surface area contributed by atoms with E-state index in [-0.39, 0.29) is 5.75 Å². The van der Waals surface area contributed by atoms with E-state index in [2.05, 4.69) is 4.18 Å². The second-order valence-electron chi connectivity index (χ2n) is 4.29. The molecule has 7 heteroatoms. The van der Waals surface area contributed by atoms with Gasteiger partial charge in [0.2, 0.25) is 0 Å². The monoisotopic (exact) mass is 406 g/mol. The van der Waals surface area contributed by atoms with Crippen LogP contribution < -0.4 is 4.18 Å². The van der Waals surface area contributed by atoms with Gasteiger partial charge in [0.25, 0.3) is 0 Å². The molecule has 3 nitrogen and oxygen atoms in total. The number of alkyl halides is 3. The molecule has 27 heavy (non-hydrogen) atoms.